The van der Waals surface area contributed by atoms with Gasteiger partial charge in [0, 0.05) is 10.5 Å². The molecule has 0 bridgehead atoms. The largest absolute Gasteiger partial charge is 0.234 e. The predicted octanol–water partition coefficient (Wildman–Crippen LogP) is 1.85. The zero-order valence-electron chi connectivity index (χ0n) is 6.68. The molecule has 0 N–H and O–H groups in total. The topological polar surface area (TPSA) is 29.4 Å². The van der Waals surface area contributed by atoms with Gasteiger partial charge in [-0.25, -0.2) is 9.79 Å². The van der Waals surface area contributed by atoms with Gasteiger partial charge in [-0.15, -0.1) is 0 Å². The highest BCUT2D eigenvalue weighted by atomic mass is 32.2. The first kappa shape index (κ1) is 9.73. The molecule has 0 aromatic rings. The van der Waals surface area contributed by atoms with Crippen molar-refractivity contribution in [2.24, 2.45) is 4.99 Å². The molecule has 0 heterocycles. The molecule has 0 radical (unpaired) electrons. The highest BCUT2D eigenvalue weighted by molar-refractivity contribution is 8.00. The van der Waals surface area contributed by atoms with Crippen molar-refractivity contribution in [1.82, 2.24) is 0 Å². The van der Waals surface area contributed by atoms with E-state index in [0.29, 0.717) is 6.54 Å². The lowest BCUT2D eigenvalue weighted by Crippen LogP contribution is -2.08. The zero-order valence-corrected chi connectivity index (χ0v) is 7.49. The summed E-state index contributed by atoms with van der Waals surface area (Å²) in [6.07, 6.45) is 1.52. The summed E-state index contributed by atoms with van der Waals surface area (Å²) in [6.45, 7) is 7.01. The molecule has 0 aliphatic heterocycles. The number of thioether (sulfide) groups is 1. The van der Waals surface area contributed by atoms with Crippen molar-refractivity contribution in [2.75, 3.05) is 12.3 Å². The van der Waals surface area contributed by atoms with Gasteiger partial charge < -0.3 is 0 Å². The van der Waals surface area contributed by atoms with Crippen LogP contribution in [0.4, 0.5) is 0 Å². The van der Waals surface area contributed by atoms with Crippen LogP contribution in [0.5, 0.6) is 0 Å². The minimum absolute atomic E-state index is 0.276. The van der Waals surface area contributed by atoms with Gasteiger partial charge >= 0.3 is 0 Å². The molecule has 10 heavy (non-hydrogen) atoms. The monoisotopic (exact) mass is 159 g/mol. The lowest BCUT2D eigenvalue weighted by molar-refractivity contribution is 0.563. The third-order valence-electron chi connectivity index (χ3n) is 0.803. The van der Waals surface area contributed by atoms with Crippen LogP contribution in [0.2, 0.25) is 0 Å². The quantitative estimate of drug-likeness (QED) is 0.357. The molecule has 0 saturated carbocycles. The fourth-order valence-electron chi connectivity index (χ4n) is 0.443. The second-order valence-electron chi connectivity index (χ2n) is 2.93. The van der Waals surface area contributed by atoms with Gasteiger partial charge in [-0.3, -0.25) is 0 Å². The Morgan fingerprint density at radius 2 is 2.10 bits per heavy atom. The van der Waals surface area contributed by atoms with E-state index in [1.54, 1.807) is 11.8 Å². The lowest BCUT2D eigenvalue weighted by atomic mass is 10.3. The molecule has 0 atom stereocenters. The second kappa shape index (κ2) is 4.53. The van der Waals surface area contributed by atoms with Gasteiger partial charge in [0.1, 0.15) is 0 Å². The van der Waals surface area contributed by atoms with Crippen molar-refractivity contribution in [3.05, 3.63) is 0 Å². The van der Waals surface area contributed by atoms with Crippen molar-refractivity contribution in [3.63, 3.8) is 0 Å². The molecule has 0 unspecified atom stereocenters. The smallest absolute Gasteiger partial charge is 0.211 e. The number of carbonyl (C=O) groups excluding carboxylic acids is 1. The SMILES string of the molecule is CC(C)(C)SCCN=C=O. The third kappa shape index (κ3) is 7.73. The standard InChI is InChI=1S/C7H13NOS/c1-7(2,3)10-5-4-8-6-9/h4-5H2,1-3H3. The van der Waals surface area contributed by atoms with Crippen LogP contribution in [-0.2, 0) is 4.79 Å². The van der Waals surface area contributed by atoms with E-state index in [1.165, 1.54) is 6.08 Å². The minimum Gasteiger partial charge on any atom is -0.211 e. The molecule has 0 aromatic heterocycles. The molecule has 0 saturated heterocycles. The van der Waals surface area contributed by atoms with Crippen LogP contribution >= 0.6 is 11.8 Å². The Labute approximate surface area is 66.1 Å². The molecule has 0 fully saturated rings. The fourth-order valence-corrected chi connectivity index (χ4v) is 1.24. The van der Waals surface area contributed by atoms with Crippen LogP contribution in [0.15, 0.2) is 4.99 Å². The second-order valence-corrected chi connectivity index (χ2v) is 4.86. The van der Waals surface area contributed by atoms with E-state index in [-0.39, 0.29) is 4.75 Å². The van der Waals surface area contributed by atoms with Crippen LogP contribution < -0.4 is 0 Å². The number of hydrogen-bond donors (Lipinski definition) is 0. The van der Waals surface area contributed by atoms with Crippen LogP contribution in [0.1, 0.15) is 20.8 Å². The molecule has 58 valence electrons. The average Bonchev–Trinajstić information content (AvgIpc) is 1.78. The molecule has 0 rings (SSSR count). The molecular weight excluding hydrogens is 146 g/mol. The van der Waals surface area contributed by atoms with E-state index in [4.69, 9.17) is 0 Å². The van der Waals surface area contributed by atoms with Crippen LogP contribution in [-0.4, -0.2) is 23.1 Å². The summed E-state index contributed by atoms with van der Waals surface area (Å²) < 4.78 is 0.276. The van der Waals surface area contributed by atoms with Gasteiger partial charge in [0.25, 0.3) is 0 Å². The number of rotatable bonds is 3. The van der Waals surface area contributed by atoms with Gasteiger partial charge in [-0.2, -0.15) is 11.8 Å². The zero-order chi connectivity index (χ0) is 8.04. The molecule has 0 spiro atoms. The number of hydrogen-bond acceptors (Lipinski definition) is 3. The number of aliphatic imine (C=N–C) groups is 1. The Bertz CT molecular complexity index is 133. The van der Waals surface area contributed by atoms with E-state index in [0.717, 1.165) is 5.75 Å². The van der Waals surface area contributed by atoms with Gasteiger partial charge in [0.2, 0.25) is 6.08 Å². The number of isocyanates is 1. The van der Waals surface area contributed by atoms with Crippen LogP contribution in [0, 0.1) is 0 Å². The molecule has 3 heteroatoms. The van der Waals surface area contributed by atoms with Crippen LogP contribution in [0.25, 0.3) is 0 Å². The first-order chi connectivity index (χ1) is 4.56. The van der Waals surface area contributed by atoms with E-state index >= 15 is 0 Å². The summed E-state index contributed by atoms with van der Waals surface area (Å²) in [5.74, 6) is 0.902. The van der Waals surface area contributed by atoms with Crippen molar-refractivity contribution >= 4 is 17.8 Å². The van der Waals surface area contributed by atoms with Gasteiger partial charge in [0.15, 0.2) is 0 Å². The Balaban J connectivity index is 3.28. The lowest BCUT2D eigenvalue weighted by Gasteiger charge is -2.15. The fraction of sp³-hybridized carbons (Fsp3) is 0.857. The minimum atomic E-state index is 0.276. The Morgan fingerprint density at radius 1 is 1.50 bits per heavy atom. The Kier molecular flexibility index (Phi) is 4.41. The van der Waals surface area contributed by atoms with Gasteiger partial charge in [0.05, 0.1) is 6.54 Å². The van der Waals surface area contributed by atoms with Crippen molar-refractivity contribution in [1.29, 1.82) is 0 Å². The summed E-state index contributed by atoms with van der Waals surface area (Å²) in [5.41, 5.74) is 0. The Hall–Kier alpha value is -0.270. The van der Waals surface area contributed by atoms with E-state index in [2.05, 4.69) is 25.8 Å². The summed E-state index contributed by atoms with van der Waals surface area (Å²) in [7, 11) is 0. The molecule has 0 aliphatic rings. The van der Waals surface area contributed by atoms with Crippen molar-refractivity contribution in [3.8, 4) is 0 Å². The third-order valence-corrected chi connectivity index (χ3v) is 2.06. The maximum Gasteiger partial charge on any atom is 0.234 e. The first-order valence-electron chi connectivity index (χ1n) is 3.24. The van der Waals surface area contributed by atoms with Crippen molar-refractivity contribution in [2.45, 2.75) is 25.5 Å². The molecule has 2 nitrogen and oxygen atoms in total. The van der Waals surface area contributed by atoms with Crippen molar-refractivity contribution < 1.29 is 4.79 Å². The summed E-state index contributed by atoms with van der Waals surface area (Å²) in [5, 5.41) is 0. The Morgan fingerprint density at radius 3 is 2.50 bits per heavy atom. The normalized spacial score (nSPS) is 10.7. The van der Waals surface area contributed by atoms with E-state index in [1.807, 2.05) is 0 Å². The molecule has 0 aliphatic carbocycles. The summed E-state index contributed by atoms with van der Waals surface area (Å²) >= 11 is 1.80. The van der Waals surface area contributed by atoms with Crippen LogP contribution in [0.3, 0.4) is 0 Å². The molecule has 0 amide bonds. The first-order valence-corrected chi connectivity index (χ1v) is 4.22. The maximum absolute atomic E-state index is 9.63. The summed E-state index contributed by atoms with van der Waals surface area (Å²) in [6, 6.07) is 0. The predicted molar refractivity (Wildman–Crippen MR) is 45.2 cm³/mol. The highest BCUT2D eigenvalue weighted by Gasteiger charge is 2.08. The average molecular weight is 159 g/mol. The molecular formula is C7H13NOS. The van der Waals surface area contributed by atoms with E-state index in [9.17, 15) is 4.79 Å². The highest BCUT2D eigenvalue weighted by Crippen LogP contribution is 2.22. The van der Waals surface area contributed by atoms with Gasteiger partial charge in [-0.05, 0) is 0 Å². The van der Waals surface area contributed by atoms with Gasteiger partial charge in [-0.1, -0.05) is 20.8 Å². The maximum atomic E-state index is 9.63. The van der Waals surface area contributed by atoms with E-state index < -0.39 is 0 Å². The number of nitrogens with zero attached hydrogens (tertiary/aromatic N) is 1. The summed E-state index contributed by atoms with van der Waals surface area (Å²) in [4.78, 5) is 13.1. The molecule has 0 aromatic carbocycles.